The van der Waals surface area contributed by atoms with Crippen LogP contribution in [0.4, 0.5) is 0 Å². The van der Waals surface area contributed by atoms with E-state index in [4.69, 9.17) is 4.74 Å². The number of rotatable bonds is 7. The monoisotopic (exact) mass is 387 g/mol. The molecular formula is C26H29NO2. The van der Waals surface area contributed by atoms with E-state index in [0.29, 0.717) is 5.92 Å². The number of hydrogen-bond acceptors (Lipinski definition) is 2. The third-order valence-electron chi connectivity index (χ3n) is 5.00. The summed E-state index contributed by atoms with van der Waals surface area (Å²) in [6.45, 7) is 8.32. The molecule has 1 N–H and O–H groups in total. The predicted molar refractivity (Wildman–Crippen MR) is 118 cm³/mol. The summed E-state index contributed by atoms with van der Waals surface area (Å²) >= 11 is 0. The van der Waals surface area contributed by atoms with Crippen molar-refractivity contribution in [1.29, 1.82) is 0 Å². The zero-order valence-electron chi connectivity index (χ0n) is 17.6. The maximum Gasteiger partial charge on any atom is 0.258 e. The van der Waals surface area contributed by atoms with Crippen molar-refractivity contribution in [3.8, 4) is 5.75 Å². The van der Waals surface area contributed by atoms with Crippen LogP contribution in [-0.4, -0.2) is 12.5 Å². The number of benzene rings is 3. The fraction of sp³-hybridized carbons (Fsp3) is 0.269. The van der Waals surface area contributed by atoms with Crippen LogP contribution in [0.1, 0.15) is 53.6 Å². The van der Waals surface area contributed by atoms with Crippen molar-refractivity contribution < 1.29 is 9.53 Å². The highest BCUT2D eigenvalue weighted by Gasteiger charge is 2.18. The van der Waals surface area contributed by atoms with Gasteiger partial charge < -0.3 is 10.1 Å². The molecule has 0 aliphatic carbocycles. The van der Waals surface area contributed by atoms with Gasteiger partial charge in [0.15, 0.2) is 6.61 Å². The summed E-state index contributed by atoms with van der Waals surface area (Å²) in [5.41, 5.74) is 5.51. The topological polar surface area (TPSA) is 38.3 Å². The highest BCUT2D eigenvalue weighted by Crippen LogP contribution is 2.28. The quantitative estimate of drug-likeness (QED) is 0.564. The zero-order chi connectivity index (χ0) is 20.8. The van der Waals surface area contributed by atoms with E-state index in [9.17, 15) is 4.79 Å². The first kappa shape index (κ1) is 20.7. The van der Waals surface area contributed by atoms with Gasteiger partial charge in [-0.3, -0.25) is 4.79 Å². The van der Waals surface area contributed by atoms with E-state index in [2.05, 4.69) is 62.5 Å². The predicted octanol–water partition coefficient (Wildman–Crippen LogP) is 5.71. The van der Waals surface area contributed by atoms with Gasteiger partial charge in [0.2, 0.25) is 0 Å². The summed E-state index contributed by atoms with van der Waals surface area (Å²) in [7, 11) is 0. The lowest BCUT2D eigenvalue weighted by Gasteiger charge is -2.21. The van der Waals surface area contributed by atoms with Crippen LogP contribution in [0.25, 0.3) is 0 Å². The van der Waals surface area contributed by atoms with E-state index in [1.165, 1.54) is 5.56 Å². The number of aryl methyl sites for hydroxylation is 2. The summed E-state index contributed by atoms with van der Waals surface area (Å²) in [6, 6.07) is 24.2. The van der Waals surface area contributed by atoms with Crippen molar-refractivity contribution >= 4 is 5.91 Å². The molecule has 1 atom stereocenters. The molecule has 3 aromatic rings. The van der Waals surface area contributed by atoms with Crippen LogP contribution in [0.5, 0.6) is 5.75 Å². The van der Waals surface area contributed by atoms with Gasteiger partial charge in [-0.25, -0.2) is 0 Å². The normalized spacial score (nSPS) is 11.9. The van der Waals surface area contributed by atoms with Crippen molar-refractivity contribution in [3.05, 3.63) is 101 Å². The van der Waals surface area contributed by atoms with Crippen molar-refractivity contribution in [1.82, 2.24) is 5.32 Å². The average molecular weight is 388 g/mol. The molecule has 3 aromatic carbocycles. The Morgan fingerprint density at radius 2 is 1.48 bits per heavy atom. The zero-order valence-corrected chi connectivity index (χ0v) is 17.6. The molecule has 29 heavy (non-hydrogen) atoms. The number of amides is 1. The first-order chi connectivity index (χ1) is 13.9. The number of hydrogen-bond donors (Lipinski definition) is 1. The number of carbonyl (C=O) groups is 1. The fourth-order valence-corrected chi connectivity index (χ4v) is 3.35. The Labute approximate surface area is 173 Å². The summed E-state index contributed by atoms with van der Waals surface area (Å²) in [4.78, 5) is 12.8. The van der Waals surface area contributed by atoms with Gasteiger partial charge in [-0.15, -0.1) is 0 Å². The van der Waals surface area contributed by atoms with Crippen LogP contribution in [-0.2, 0) is 4.79 Å². The molecule has 1 amide bonds. The summed E-state index contributed by atoms with van der Waals surface area (Å²) in [5.74, 6) is 0.968. The van der Waals surface area contributed by atoms with Gasteiger partial charge in [0.25, 0.3) is 5.91 Å². The van der Waals surface area contributed by atoms with Crippen LogP contribution >= 0.6 is 0 Å². The second-order valence-electron chi connectivity index (χ2n) is 7.81. The Balaban J connectivity index is 1.76. The summed E-state index contributed by atoms with van der Waals surface area (Å²) in [6.07, 6.45) is 0. The van der Waals surface area contributed by atoms with E-state index >= 15 is 0 Å². The van der Waals surface area contributed by atoms with Gasteiger partial charge in [0.1, 0.15) is 5.75 Å². The lowest BCUT2D eigenvalue weighted by Crippen LogP contribution is -2.33. The molecular weight excluding hydrogens is 358 g/mol. The van der Waals surface area contributed by atoms with E-state index in [0.717, 1.165) is 28.0 Å². The van der Waals surface area contributed by atoms with Crippen LogP contribution in [0.3, 0.4) is 0 Å². The number of ether oxygens (including phenoxy) is 1. The third-order valence-corrected chi connectivity index (χ3v) is 5.00. The number of carbonyl (C=O) groups excluding carboxylic acids is 1. The first-order valence-corrected chi connectivity index (χ1v) is 10.1. The van der Waals surface area contributed by atoms with E-state index in [-0.39, 0.29) is 18.6 Å². The Morgan fingerprint density at radius 3 is 2.14 bits per heavy atom. The molecule has 0 radical (unpaired) electrons. The van der Waals surface area contributed by atoms with Crippen LogP contribution in [0, 0.1) is 13.8 Å². The Hall–Kier alpha value is -3.07. The number of nitrogens with one attached hydrogen (secondary N) is 1. The molecule has 0 aliphatic rings. The van der Waals surface area contributed by atoms with Crippen molar-refractivity contribution in [2.75, 3.05) is 6.61 Å². The highest BCUT2D eigenvalue weighted by atomic mass is 16.5. The smallest absolute Gasteiger partial charge is 0.258 e. The first-order valence-electron chi connectivity index (χ1n) is 10.1. The summed E-state index contributed by atoms with van der Waals surface area (Å²) in [5, 5.41) is 3.14. The van der Waals surface area contributed by atoms with Crippen LogP contribution < -0.4 is 10.1 Å². The molecule has 0 spiro atoms. The molecule has 0 saturated heterocycles. The SMILES string of the molecule is Cc1ccc(C(NC(=O)COc2cc(C)ccc2C(C)C)c2ccccc2)cc1. The highest BCUT2D eigenvalue weighted by molar-refractivity contribution is 5.78. The molecule has 0 saturated carbocycles. The van der Waals surface area contributed by atoms with Crippen LogP contribution in [0.2, 0.25) is 0 Å². The molecule has 1 unspecified atom stereocenters. The van der Waals surface area contributed by atoms with Crippen LogP contribution in [0.15, 0.2) is 72.8 Å². The summed E-state index contributed by atoms with van der Waals surface area (Å²) < 4.78 is 5.92. The Morgan fingerprint density at radius 1 is 0.862 bits per heavy atom. The maximum absolute atomic E-state index is 12.8. The molecule has 3 nitrogen and oxygen atoms in total. The molecule has 0 fully saturated rings. The minimum Gasteiger partial charge on any atom is -0.483 e. The van der Waals surface area contributed by atoms with Crippen molar-refractivity contribution in [3.63, 3.8) is 0 Å². The Bertz CT molecular complexity index is 946. The molecule has 0 bridgehead atoms. The van der Waals surface area contributed by atoms with Gasteiger partial charge in [-0.2, -0.15) is 0 Å². The van der Waals surface area contributed by atoms with Crippen molar-refractivity contribution in [2.45, 2.75) is 39.7 Å². The van der Waals surface area contributed by atoms with E-state index < -0.39 is 0 Å². The minimum atomic E-state index is -0.213. The van der Waals surface area contributed by atoms with Crippen molar-refractivity contribution in [2.24, 2.45) is 0 Å². The standard InChI is InChI=1S/C26H29NO2/c1-18(2)23-15-12-20(4)16-24(23)29-17-25(28)27-26(21-8-6-5-7-9-21)22-13-10-19(3)11-14-22/h5-16,18,26H,17H2,1-4H3,(H,27,28). The van der Waals surface area contributed by atoms with E-state index in [1.54, 1.807) is 0 Å². The third kappa shape index (κ3) is 5.47. The van der Waals surface area contributed by atoms with E-state index in [1.807, 2.05) is 43.3 Å². The molecule has 3 rings (SSSR count). The molecule has 0 aromatic heterocycles. The molecule has 3 heteroatoms. The van der Waals surface area contributed by atoms with Gasteiger partial charge in [0, 0.05) is 0 Å². The molecule has 0 heterocycles. The van der Waals surface area contributed by atoms with Gasteiger partial charge in [0.05, 0.1) is 6.04 Å². The average Bonchev–Trinajstić information content (AvgIpc) is 2.72. The lowest BCUT2D eigenvalue weighted by atomic mass is 9.98. The Kier molecular flexibility index (Phi) is 6.71. The maximum atomic E-state index is 12.8. The van der Waals surface area contributed by atoms with Gasteiger partial charge in [-0.05, 0) is 48.1 Å². The largest absolute Gasteiger partial charge is 0.483 e. The van der Waals surface area contributed by atoms with Gasteiger partial charge in [-0.1, -0.05) is 86.1 Å². The molecule has 150 valence electrons. The lowest BCUT2D eigenvalue weighted by molar-refractivity contribution is -0.123. The second-order valence-corrected chi connectivity index (χ2v) is 7.81. The van der Waals surface area contributed by atoms with Gasteiger partial charge >= 0.3 is 0 Å². The second kappa shape index (κ2) is 9.42. The molecule has 0 aliphatic heterocycles. The fourth-order valence-electron chi connectivity index (χ4n) is 3.35. The minimum absolute atomic E-state index is 0.0155.